The van der Waals surface area contributed by atoms with Gasteiger partial charge >= 0.3 is 0 Å². The number of hydrogen-bond donors (Lipinski definition) is 0. The van der Waals surface area contributed by atoms with Crippen LogP contribution in [-0.2, 0) is 0 Å². The molecule has 0 amide bonds. The molecule has 6 rings (SSSR count). The van der Waals surface area contributed by atoms with Gasteiger partial charge in [-0.1, -0.05) is 88.7 Å². The molecule has 0 spiro atoms. The van der Waals surface area contributed by atoms with Gasteiger partial charge in [-0.05, 0) is 31.2 Å². The highest BCUT2D eigenvalue weighted by Crippen LogP contribution is 2.42. The second-order valence-electron chi connectivity index (χ2n) is 8.02. The molecule has 4 heteroatoms. The molecule has 0 aliphatic rings. The Kier molecular flexibility index (Phi) is 5.05. The summed E-state index contributed by atoms with van der Waals surface area (Å²) >= 11 is 5.48. The number of thiophene rings is 1. The third-order valence-electron chi connectivity index (χ3n) is 5.94. The van der Waals surface area contributed by atoms with Gasteiger partial charge in [0.2, 0.25) is 0 Å². The van der Waals surface area contributed by atoms with Crippen molar-refractivity contribution in [2.75, 3.05) is 0 Å². The molecule has 0 radical (unpaired) electrons. The predicted molar refractivity (Wildman–Crippen MR) is 144 cm³/mol. The molecule has 2 heterocycles. The predicted octanol–water partition coefficient (Wildman–Crippen LogP) is 8.92. The van der Waals surface area contributed by atoms with Crippen molar-refractivity contribution in [2.24, 2.45) is 0 Å². The quantitative estimate of drug-likeness (QED) is 0.239. The van der Waals surface area contributed by atoms with E-state index in [-0.39, 0.29) is 0 Å². The lowest BCUT2D eigenvalue weighted by molar-refractivity contribution is 1.15. The minimum Gasteiger partial charge on any atom is -0.228 e. The van der Waals surface area contributed by atoms with Gasteiger partial charge in [0.15, 0.2) is 5.82 Å². The Bertz CT molecular complexity index is 1620. The summed E-state index contributed by atoms with van der Waals surface area (Å²) in [4.78, 5) is 10.2. The second-order valence-corrected chi connectivity index (χ2v) is 10.0. The van der Waals surface area contributed by atoms with Crippen molar-refractivity contribution in [2.45, 2.75) is 6.92 Å². The zero-order valence-corrected chi connectivity index (χ0v) is 20.3. The van der Waals surface area contributed by atoms with Crippen molar-refractivity contribution in [3.63, 3.8) is 0 Å². The Hall–Kier alpha value is -3.34. The Morgan fingerprint density at radius 3 is 2.12 bits per heavy atom. The van der Waals surface area contributed by atoms with Crippen LogP contribution < -0.4 is 0 Å². The van der Waals surface area contributed by atoms with Crippen molar-refractivity contribution >= 4 is 47.4 Å². The van der Waals surface area contributed by atoms with Crippen molar-refractivity contribution in [3.8, 4) is 33.9 Å². The summed E-state index contributed by atoms with van der Waals surface area (Å²) in [5.41, 5.74) is 6.29. The molecule has 0 saturated carbocycles. The highest BCUT2D eigenvalue weighted by atomic mass is 79.9. The topological polar surface area (TPSA) is 25.8 Å². The van der Waals surface area contributed by atoms with Crippen LogP contribution in [0.15, 0.2) is 102 Å². The molecule has 2 nitrogen and oxygen atoms in total. The van der Waals surface area contributed by atoms with Gasteiger partial charge in [0, 0.05) is 46.9 Å². The van der Waals surface area contributed by atoms with Crippen LogP contribution in [0, 0.1) is 6.92 Å². The van der Waals surface area contributed by atoms with Crippen LogP contribution in [0.5, 0.6) is 0 Å². The highest BCUT2D eigenvalue weighted by molar-refractivity contribution is 9.10. The first kappa shape index (κ1) is 20.3. The van der Waals surface area contributed by atoms with Gasteiger partial charge in [-0.2, -0.15) is 0 Å². The minimum atomic E-state index is 0.743. The van der Waals surface area contributed by atoms with E-state index in [1.54, 1.807) is 0 Å². The third-order valence-corrected chi connectivity index (χ3v) is 7.57. The largest absolute Gasteiger partial charge is 0.228 e. The smallest absolute Gasteiger partial charge is 0.160 e. The van der Waals surface area contributed by atoms with Crippen molar-refractivity contribution in [1.29, 1.82) is 0 Å². The van der Waals surface area contributed by atoms with Crippen LogP contribution in [0.2, 0.25) is 0 Å². The number of nitrogens with zero attached hydrogens (tertiary/aromatic N) is 2. The van der Waals surface area contributed by atoms with Gasteiger partial charge in [-0.25, -0.2) is 9.97 Å². The maximum atomic E-state index is 5.14. The summed E-state index contributed by atoms with van der Waals surface area (Å²) in [6.45, 7) is 2.13. The number of fused-ring (bicyclic) bond motifs is 3. The number of halogens is 1. The van der Waals surface area contributed by atoms with Gasteiger partial charge in [0.25, 0.3) is 0 Å². The molecule has 2 aromatic heterocycles. The lowest BCUT2D eigenvalue weighted by atomic mass is 9.97. The summed E-state index contributed by atoms with van der Waals surface area (Å²) in [5, 5.41) is 2.50. The van der Waals surface area contributed by atoms with E-state index in [1.165, 1.54) is 20.2 Å². The SMILES string of the molecule is Cc1c(-c2ccccc2)nc(-c2ccccc2)nc1-c1cccc2sc3ccc(Br)cc3c12. The van der Waals surface area contributed by atoms with Gasteiger partial charge in [-0.15, -0.1) is 11.3 Å². The maximum absolute atomic E-state index is 5.14. The molecule has 0 atom stereocenters. The first-order chi connectivity index (χ1) is 16.2. The average Bonchev–Trinajstić information content (AvgIpc) is 3.23. The lowest BCUT2D eigenvalue weighted by Gasteiger charge is -2.14. The second kappa shape index (κ2) is 8.22. The average molecular weight is 507 g/mol. The Balaban J connectivity index is 1.70. The molecular formula is C29H19BrN2S. The lowest BCUT2D eigenvalue weighted by Crippen LogP contribution is -2.00. The standard InChI is InChI=1S/C29H19BrN2S/c1-18-27(19-9-4-2-5-10-19)31-29(20-11-6-3-7-12-20)32-28(18)22-13-8-14-25-26(22)23-17-21(30)15-16-24(23)33-25/h2-17H,1H3. The summed E-state index contributed by atoms with van der Waals surface area (Å²) in [6, 6.07) is 33.6. The first-order valence-corrected chi connectivity index (χ1v) is 12.4. The van der Waals surface area contributed by atoms with Crippen LogP contribution in [0.3, 0.4) is 0 Å². The number of aromatic nitrogens is 2. The first-order valence-electron chi connectivity index (χ1n) is 10.8. The molecular weight excluding hydrogens is 488 g/mol. The molecule has 0 saturated heterocycles. The Morgan fingerprint density at radius 1 is 0.667 bits per heavy atom. The molecule has 6 aromatic rings. The molecule has 158 valence electrons. The molecule has 4 aromatic carbocycles. The van der Waals surface area contributed by atoms with E-state index < -0.39 is 0 Å². The molecule has 33 heavy (non-hydrogen) atoms. The summed E-state index contributed by atoms with van der Waals surface area (Å²) in [6.07, 6.45) is 0. The normalized spacial score (nSPS) is 11.3. The zero-order chi connectivity index (χ0) is 22.4. The van der Waals surface area contributed by atoms with Crippen LogP contribution in [0.1, 0.15) is 5.56 Å². The number of hydrogen-bond acceptors (Lipinski definition) is 3. The van der Waals surface area contributed by atoms with Gasteiger partial charge < -0.3 is 0 Å². The summed E-state index contributed by atoms with van der Waals surface area (Å²) in [5.74, 6) is 0.743. The Labute approximate surface area is 204 Å². The van der Waals surface area contributed by atoms with E-state index in [9.17, 15) is 0 Å². The van der Waals surface area contributed by atoms with Gasteiger partial charge in [-0.3, -0.25) is 0 Å². The fourth-order valence-electron chi connectivity index (χ4n) is 4.37. The van der Waals surface area contributed by atoms with Crippen molar-refractivity contribution in [3.05, 3.63) is 107 Å². The molecule has 0 unspecified atom stereocenters. The fraction of sp³-hybridized carbons (Fsp3) is 0.0345. The highest BCUT2D eigenvalue weighted by Gasteiger charge is 2.19. The van der Waals surface area contributed by atoms with Gasteiger partial charge in [0.05, 0.1) is 11.4 Å². The minimum absolute atomic E-state index is 0.743. The van der Waals surface area contributed by atoms with E-state index in [1.807, 2.05) is 35.6 Å². The fourth-order valence-corrected chi connectivity index (χ4v) is 5.84. The molecule has 0 N–H and O–H groups in total. The number of rotatable bonds is 3. The maximum Gasteiger partial charge on any atom is 0.160 e. The van der Waals surface area contributed by atoms with Crippen molar-refractivity contribution < 1.29 is 0 Å². The monoisotopic (exact) mass is 506 g/mol. The molecule has 0 bridgehead atoms. The van der Waals surface area contributed by atoms with Gasteiger partial charge in [0.1, 0.15) is 0 Å². The van der Waals surface area contributed by atoms with Crippen LogP contribution in [0.4, 0.5) is 0 Å². The molecule has 0 aliphatic heterocycles. The van der Waals surface area contributed by atoms with E-state index in [0.29, 0.717) is 0 Å². The van der Waals surface area contributed by atoms with E-state index in [2.05, 4.69) is 95.7 Å². The number of benzene rings is 4. The van der Waals surface area contributed by atoms with Crippen LogP contribution in [-0.4, -0.2) is 9.97 Å². The summed E-state index contributed by atoms with van der Waals surface area (Å²) in [7, 11) is 0. The van der Waals surface area contributed by atoms with Crippen molar-refractivity contribution in [1.82, 2.24) is 9.97 Å². The molecule has 0 aliphatic carbocycles. The zero-order valence-electron chi connectivity index (χ0n) is 17.9. The summed E-state index contributed by atoms with van der Waals surface area (Å²) < 4.78 is 3.62. The third kappa shape index (κ3) is 3.56. The van der Waals surface area contributed by atoms with Crippen LogP contribution in [0.25, 0.3) is 54.1 Å². The Morgan fingerprint density at radius 2 is 1.36 bits per heavy atom. The van der Waals surface area contributed by atoms with E-state index in [0.717, 1.165) is 43.9 Å². The van der Waals surface area contributed by atoms with E-state index >= 15 is 0 Å². The van der Waals surface area contributed by atoms with E-state index in [4.69, 9.17) is 9.97 Å². The van der Waals surface area contributed by atoms with Crippen LogP contribution >= 0.6 is 27.3 Å². The molecule has 0 fully saturated rings.